The molecule has 0 saturated heterocycles. The van der Waals surface area contributed by atoms with Crippen LogP contribution in [0.1, 0.15) is 10.4 Å². The predicted octanol–water partition coefficient (Wildman–Crippen LogP) is 1.62. The SMILES string of the molecule is COCC(O)CN(C)C(=O)Nc1cc(Br)cc(C(=O)O)c1. The summed E-state index contributed by atoms with van der Waals surface area (Å²) in [6.45, 7) is 0.219. The molecule has 0 aromatic heterocycles. The van der Waals surface area contributed by atoms with Crippen molar-refractivity contribution >= 4 is 33.6 Å². The Morgan fingerprint density at radius 1 is 1.43 bits per heavy atom. The van der Waals surface area contributed by atoms with Gasteiger partial charge in [-0.05, 0) is 18.2 Å². The summed E-state index contributed by atoms with van der Waals surface area (Å²) in [5.41, 5.74) is 0.404. The molecule has 116 valence electrons. The molecule has 1 unspecified atom stereocenters. The number of ether oxygens (including phenoxy) is 1. The number of likely N-dealkylation sites (N-methyl/N-ethyl adjacent to an activating group) is 1. The van der Waals surface area contributed by atoms with Crippen LogP contribution in [-0.2, 0) is 4.74 Å². The number of nitrogens with zero attached hydrogens (tertiary/aromatic N) is 1. The average Bonchev–Trinajstić information content (AvgIpc) is 2.37. The van der Waals surface area contributed by atoms with Crippen molar-refractivity contribution < 1.29 is 24.5 Å². The van der Waals surface area contributed by atoms with Gasteiger partial charge in [-0.25, -0.2) is 9.59 Å². The number of aliphatic hydroxyl groups is 1. The van der Waals surface area contributed by atoms with E-state index in [4.69, 9.17) is 9.84 Å². The Bertz CT molecular complexity index is 523. The lowest BCUT2D eigenvalue weighted by Crippen LogP contribution is -2.38. The number of hydrogen-bond acceptors (Lipinski definition) is 4. The van der Waals surface area contributed by atoms with Gasteiger partial charge in [-0.1, -0.05) is 15.9 Å². The quantitative estimate of drug-likeness (QED) is 0.715. The first-order valence-electron chi connectivity index (χ1n) is 6.06. The Morgan fingerprint density at radius 2 is 2.10 bits per heavy atom. The predicted molar refractivity (Wildman–Crippen MR) is 80.6 cm³/mol. The summed E-state index contributed by atoms with van der Waals surface area (Å²) in [5, 5.41) is 21.1. The van der Waals surface area contributed by atoms with Crippen LogP contribution in [0.5, 0.6) is 0 Å². The zero-order chi connectivity index (χ0) is 16.0. The lowest BCUT2D eigenvalue weighted by molar-refractivity contribution is 0.0501. The third kappa shape index (κ3) is 5.70. The van der Waals surface area contributed by atoms with E-state index in [9.17, 15) is 14.7 Å². The molecule has 21 heavy (non-hydrogen) atoms. The molecule has 8 heteroatoms. The highest BCUT2D eigenvalue weighted by Crippen LogP contribution is 2.20. The van der Waals surface area contributed by atoms with Crippen molar-refractivity contribution in [3.63, 3.8) is 0 Å². The number of benzene rings is 1. The number of hydrogen-bond donors (Lipinski definition) is 3. The number of carboxylic acids is 1. The van der Waals surface area contributed by atoms with E-state index < -0.39 is 18.1 Å². The molecule has 3 N–H and O–H groups in total. The number of anilines is 1. The van der Waals surface area contributed by atoms with Crippen LogP contribution in [0.4, 0.5) is 10.5 Å². The molecular weight excluding hydrogens is 344 g/mol. The molecule has 0 aliphatic carbocycles. The summed E-state index contributed by atoms with van der Waals surface area (Å²) in [6, 6.07) is 3.91. The number of carbonyl (C=O) groups is 2. The van der Waals surface area contributed by atoms with Crippen molar-refractivity contribution in [1.82, 2.24) is 4.90 Å². The van der Waals surface area contributed by atoms with Gasteiger partial charge < -0.3 is 25.2 Å². The first kappa shape index (κ1) is 17.4. The van der Waals surface area contributed by atoms with Gasteiger partial charge in [0.15, 0.2) is 0 Å². The van der Waals surface area contributed by atoms with Crippen LogP contribution >= 0.6 is 15.9 Å². The van der Waals surface area contributed by atoms with Gasteiger partial charge in [0.2, 0.25) is 0 Å². The van der Waals surface area contributed by atoms with Crippen LogP contribution in [-0.4, -0.2) is 60.5 Å². The maximum Gasteiger partial charge on any atom is 0.335 e. The molecule has 0 saturated carbocycles. The highest BCUT2D eigenvalue weighted by Gasteiger charge is 2.15. The zero-order valence-electron chi connectivity index (χ0n) is 11.7. The van der Waals surface area contributed by atoms with Crippen LogP contribution in [0.15, 0.2) is 22.7 Å². The summed E-state index contributed by atoms with van der Waals surface area (Å²) in [6.07, 6.45) is -0.789. The summed E-state index contributed by atoms with van der Waals surface area (Å²) in [7, 11) is 2.97. The first-order valence-corrected chi connectivity index (χ1v) is 6.85. The molecule has 1 rings (SSSR count). The third-order valence-electron chi connectivity index (χ3n) is 2.59. The molecule has 1 aromatic carbocycles. The van der Waals surface area contributed by atoms with Crippen molar-refractivity contribution in [2.75, 3.05) is 32.6 Å². The standard InChI is InChI=1S/C13H17BrN2O5/c1-16(6-11(17)7-21-2)13(20)15-10-4-8(12(18)19)3-9(14)5-10/h3-5,11,17H,6-7H2,1-2H3,(H,15,20)(H,18,19). The number of halogens is 1. The number of rotatable bonds is 6. The topological polar surface area (TPSA) is 99.1 Å². The van der Waals surface area contributed by atoms with Gasteiger partial charge in [0, 0.05) is 24.3 Å². The Morgan fingerprint density at radius 3 is 2.67 bits per heavy atom. The van der Waals surface area contributed by atoms with E-state index in [0.717, 1.165) is 0 Å². The summed E-state index contributed by atoms with van der Waals surface area (Å²) in [4.78, 5) is 24.2. The van der Waals surface area contributed by atoms with Crippen LogP contribution in [0.25, 0.3) is 0 Å². The van der Waals surface area contributed by atoms with Gasteiger partial charge in [0.05, 0.1) is 24.8 Å². The van der Waals surface area contributed by atoms with E-state index in [0.29, 0.717) is 10.2 Å². The number of carboxylic acid groups (broad SMARTS) is 1. The summed E-state index contributed by atoms with van der Waals surface area (Å²) < 4.78 is 5.32. The minimum absolute atomic E-state index is 0.0572. The molecular formula is C13H17BrN2O5. The van der Waals surface area contributed by atoms with E-state index in [1.54, 1.807) is 6.07 Å². The zero-order valence-corrected chi connectivity index (χ0v) is 13.3. The number of aromatic carboxylic acids is 1. The van der Waals surface area contributed by atoms with Crippen molar-refractivity contribution in [3.05, 3.63) is 28.2 Å². The van der Waals surface area contributed by atoms with E-state index in [1.165, 1.54) is 31.2 Å². The summed E-state index contributed by atoms with van der Waals surface area (Å²) >= 11 is 3.18. The second-order valence-corrected chi connectivity index (χ2v) is 5.37. The van der Waals surface area contributed by atoms with Crippen LogP contribution in [0, 0.1) is 0 Å². The second kappa shape index (κ2) is 7.96. The number of nitrogens with one attached hydrogen (secondary N) is 1. The number of carbonyl (C=O) groups excluding carboxylic acids is 1. The molecule has 0 radical (unpaired) electrons. The van der Waals surface area contributed by atoms with E-state index in [2.05, 4.69) is 21.2 Å². The lowest BCUT2D eigenvalue weighted by Gasteiger charge is -2.21. The van der Waals surface area contributed by atoms with Crippen LogP contribution in [0.3, 0.4) is 0 Å². The fourth-order valence-electron chi connectivity index (χ4n) is 1.65. The maximum atomic E-state index is 11.9. The molecule has 0 aliphatic heterocycles. The highest BCUT2D eigenvalue weighted by atomic mass is 79.9. The van der Waals surface area contributed by atoms with Crippen molar-refractivity contribution in [2.45, 2.75) is 6.10 Å². The van der Waals surface area contributed by atoms with Gasteiger partial charge in [0.25, 0.3) is 0 Å². The smallest absolute Gasteiger partial charge is 0.335 e. The number of amides is 2. The maximum absolute atomic E-state index is 11.9. The minimum atomic E-state index is -1.09. The lowest BCUT2D eigenvalue weighted by atomic mass is 10.2. The average molecular weight is 361 g/mol. The van der Waals surface area contributed by atoms with E-state index in [1.807, 2.05) is 0 Å². The molecule has 0 bridgehead atoms. The number of methoxy groups -OCH3 is 1. The van der Waals surface area contributed by atoms with Gasteiger partial charge in [-0.3, -0.25) is 0 Å². The third-order valence-corrected chi connectivity index (χ3v) is 3.04. The van der Waals surface area contributed by atoms with Crippen molar-refractivity contribution in [2.24, 2.45) is 0 Å². The highest BCUT2D eigenvalue weighted by molar-refractivity contribution is 9.10. The summed E-state index contributed by atoms with van der Waals surface area (Å²) in [5.74, 6) is -1.09. The van der Waals surface area contributed by atoms with Crippen molar-refractivity contribution in [1.29, 1.82) is 0 Å². The molecule has 0 fully saturated rings. The van der Waals surface area contributed by atoms with E-state index >= 15 is 0 Å². The Labute approximate surface area is 130 Å². The van der Waals surface area contributed by atoms with Gasteiger partial charge in [-0.15, -0.1) is 0 Å². The largest absolute Gasteiger partial charge is 0.478 e. The number of aliphatic hydroxyl groups excluding tert-OH is 1. The Hall–Kier alpha value is -1.64. The molecule has 0 aliphatic rings. The van der Waals surface area contributed by atoms with Crippen molar-refractivity contribution in [3.8, 4) is 0 Å². The Kier molecular flexibility index (Phi) is 6.60. The van der Waals surface area contributed by atoms with Crippen LogP contribution < -0.4 is 5.32 Å². The fraction of sp³-hybridized carbons (Fsp3) is 0.385. The Balaban J connectivity index is 2.72. The molecule has 0 spiro atoms. The molecule has 0 heterocycles. The van der Waals surface area contributed by atoms with Gasteiger partial charge in [0.1, 0.15) is 0 Å². The monoisotopic (exact) mass is 360 g/mol. The molecule has 2 amide bonds. The molecule has 7 nitrogen and oxygen atoms in total. The first-order chi connectivity index (χ1) is 9.83. The number of urea groups is 1. The second-order valence-electron chi connectivity index (χ2n) is 4.45. The van der Waals surface area contributed by atoms with E-state index in [-0.39, 0.29) is 18.7 Å². The van der Waals surface area contributed by atoms with Crippen LogP contribution in [0.2, 0.25) is 0 Å². The minimum Gasteiger partial charge on any atom is -0.478 e. The normalized spacial score (nSPS) is 11.8. The molecule has 1 atom stereocenters. The van der Waals surface area contributed by atoms with Gasteiger partial charge in [-0.2, -0.15) is 0 Å². The fourth-order valence-corrected chi connectivity index (χ4v) is 2.14. The van der Waals surface area contributed by atoms with Gasteiger partial charge >= 0.3 is 12.0 Å². The molecule has 1 aromatic rings.